The number of hydrogen-bond donors (Lipinski definition) is 1. The quantitative estimate of drug-likeness (QED) is 0.163. The zero-order chi connectivity index (χ0) is 32.2. The normalized spacial score (nSPS) is 22.0. The Hall–Kier alpha value is -5.70. The van der Waals surface area contributed by atoms with Crippen LogP contribution in [0.2, 0.25) is 0 Å². The summed E-state index contributed by atoms with van der Waals surface area (Å²) in [5.41, 5.74) is 1.95. The molecule has 1 N–H and O–H groups in total. The molecule has 0 aromatic heterocycles. The number of esters is 1. The van der Waals surface area contributed by atoms with Gasteiger partial charge in [-0.2, -0.15) is 0 Å². The molecular formula is C37H30N2O7. The molecule has 0 radical (unpaired) electrons. The number of nitrogens with zero attached hydrogens (tertiary/aromatic N) is 1. The Morgan fingerprint density at radius 1 is 0.826 bits per heavy atom. The van der Waals surface area contributed by atoms with Crippen molar-refractivity contribution in [2.75, 3.05) is 19.5 Å². The van der Waals surface area contributed by atoms with Gasteiger partial charge in [0.05, 0.1) is 31.7 Å². The van der Waals surface area contributed by atoms with Crippen molar-refractivity contribution in [1.29, 1.82) is 0 Å². The molecule has 46 heavy (non-hydrogen) atoms. The highest BCUT2D eigenvalue weighted by Gasteiger charge is 2.71. The fraction of sp³-hybridized carbons (Fsp3) is 0.189. The van der Waals surface area contributed by atoms with Crippen molar-refractivity contribution in [1.82, 2.24) is 4.90 Å². The highest BCUT2D eigenvalue weighted by Crippen LogP contribution is 2.62. The third kappa shape index (κ3) is 4.23. The van der Waals surface area contributed by atoms with Crippen molar-refractivity contribution in [3.05, 3.63) is 125 Å². The molecule has 1 saturated heterocycles. The van der Waals surface area contributed by atoms with Crippen molar-refractivity contribution in [3.63, 3.8) is 0 Å². The molecule has 4 atom stereocenters. The van der Waals surface area contributed by atoms with E-state index in [-0.39, 0.29) is 23.0 Å². The third-order valence-corrected chi connectivity index (χ3v) is 9.19. The summed E-state index contributed by atoms with van der Waals surface area (Å²) in [6.07, 6.45) is 3.72. The zero-order valence-electron chi connectivity index (χ0n) is 25.4. The molecule has 3 aliphatic heterocycles. The zero-order valence-corrected chi connectivity index (χ0v) is 25.4. The molecule has 7 rings (SSSR count). The summed E-state index contributed by atoms with van der Waals surface area (Å²) in [7, 11) is 2.97. The van der Waals surface area contributed by atoms with Crippen LogP contribution in [0, 0.1) is 5.92 Å². The molecule has 1 fully saturated rings. The highest BCUT2D eigenvalue weighted by atomic mass is 16.5. The maximum absolute atomic E-state index is 15.2. The number of fused-ring (bicyclic) bond motifs is 6. The number of amides is 1. The Labute approximate surface area is 265 Å². The lowest BCUT2D eigenvalue weighted by atomic mass is 9.62. The van der Waals surface area contributed by atoms with Gasteiger partial charge in [0, 0.05) is 24.4 Å². The molecule has 1 amide bonds. The molecule has 4 aromatic rings. The largest absolute Gasteiger partial charge is 0.497 e. The van der Waals surface area contributed by atoms with Gasteiger partial charge in [0.15, 0.2) is 11.6 Å². The first-order valence-corrected chi connectivity index (χ1v) is 14.8. The van der Waals surface area contributed by atoms with Gasteiger partial charge in [-0.3, -0.25) is 19.2 Å². The molecule has 0 unspecified atom stereocenters. The predicted octanol–water partition coefficient (Wildman–Crippen LogP) is 5.61. The smallest absolute Gasteiger partial charge is 0.308 e. The number of Topliss-reactive ketones (excluding diaryl/α,β-unsaturated/α-hetero) is 2. The summed E-state index contributed by atoms with van der Waals surface area (Å²) >= 11 is 0. The maximum Gasteiger partial charge on any atom is 0.308 e. The Morgan fingerprint density at radius 2 is 1.54 bits per heavy atom. The van der Waals surface area contributed by atoms with Crippen LogP contribution in [0.3, 0.4) is 0 Å². The second-order valence-corrected chi connectivity index (χ2v) is 11.5. The van der Waals surface area contributed by atoms with E-state index >= 15 is 4.79 Å². The van der Waals surface area contributed by atoms with Gasteiger partial charge in [-0.15, -0.1) is 0 Å². The van der Waals surface area contributed by atoms with Gasteiger partial charge in [0.1, 0.15) is 28.7 Å². The number of hydrogen-bond acceptors (Lipinski definition) is 8. The Kier molecular flexibility index (Phi) is 6.96. The van der Waals surface area contributed by atoms with Crippen molar-refractivity contribution < 1.29 is 33.4 Å². The first-order valence-electron chi connectivity index (χ1n) is 14.8. The van der Waals surface area contributed by atoms with Gasteiger partial charge >= 0.3 is 5.97 Å². The number of nitrogens with one attached hydrogen (secondary N) is 1. The van der Waals surface area contributed by atoms with E-state index < -0.39 is 35.2 Å². The number of ether oxygens (including phenoxy) is 3. The number of carbonyl (C=O) groups excluding carboxylic acids is 4. The van der Waals surface area contributed by atoms with Crippen LogP contribution in [0.25, 0.3) is 6.08 Å². The molecule has 0 bridgehead atoms. The molecule has 9 nitrogen and oxygen atoms in total. The van der Waals surface area contributed by atoms with E-state index in [1.165, 1.54) is 33.3 Å². The van der Waals surface area contributed by atoms with Crippen LogP contribution in [-0.2, 0) is 15.0 Å². The highest BCUT2D eigenvalue weighted by molar-refractivity contribution is 6.17. The summed E-state index contributed by atoms with van der Waals surface area (Å²) in [6.45, 7) is 1.30. The minimum absolute atomic E-state index is 0.198. The van der Waals surface area contributed by atoms with Crippen molar-refractivity contribution in [2.24, 2.45) is 5.92 Å². The average molecular weight is 615 g/mol. The topological polar surface area (TPSA) is 111 Å². The number of benzene rings is 4. The average Bonchev–Trinajstić information content (AvgIpc) is 3.55. The number of rotatable bonds is 7. The SMILES string of the molecule is COc1ccc(OC)c(C(=O)[C@H]2[C@@H](C(=O)c3ccc(OC(C)=O)cc3)N3C=Cc4ccccc4[C@@H]3[C@@]23C(=O)Nc2ccccc23)c1. The number of para-hydroxylation sites is 1. The first kappa shape index (κ1) is 29.0. The van der Waals surface area contributed by atoms with E-state index in [4.69, 9.17) is 14.2 Å². The van der Waals surface area contributed by atoms with Gasteiger partial charge in [-0.05, 0) is 71.3 Å². The van der Waals surface area contributed by atoms with Gasteiger partial charge in [-0.25, -0.2) is 0 Å². The summed E-state index contributed by atoms with van der Waals surface area (Å²) in [5.74, 6) is -1.83. The van der Waals surface area contributed by atoms with Gasteiger partial charge in [0.25, 0.3) is 0 Å². The van der Waals surface area contributed by atoms with Gasteiger partial charge in [-0.1, -0.05) is 42.5 Å². The molecule has 4 aromatic carbocycles. The van der Waals surface area contributed by atoms with Crippen LogP contribution in [0.5, 0.6) is 17.2 Å². The van der Waals surface area contributed by atoms with Crippen LogP contribution in [0.15, 0.2) is 97.2 Å². The fourth-order valence-corrected chi connectivity index (χ4v) is 7.37. The standard InChI is InChI=1S/C37H30N2O7/c1-21(40)46-24-14-12-23(13-15-24)33(41)32-31(34(42)27-20-25(44-2)16-17-30(27)45-3)37(28-10-6-7-11-29(28)38-36(37)43)35-26-9-5-4-8-22(26)18-19-39(32)35/h4-20,31-32,35H,1-3H3,(H,38,43)/t31-,32+,35-,37+/m1/s1. The molecule has 3 heterocycles. The van der Waals surface area contributed by atoms with E-state index in [0.29, 0.717) is 28.3 Å². The van der Waals surface area contributed by atoms with Gasteiger partial charge in [0.2, 0.25) is 5.91 Å². The lowest BCUT2D eigenvalue weighted by molar-refractivity contribution is -0.131. The van der Waals surface area contributed by atoms with Crippen molar-refractivity contribution >= 4 is 35.2 Å². The van der Waals surface area contributed by atoms with E-state index in [1.807, 2.05) is 65.7 Å². The first-order chi connectivity index (χ1) is 22.3. The summed E-state index contributed by atoms with van der Waals surface area (Å²) in [4.78, 5) is 58.1. The summed E-state index contributed by atoms with van der Waals surface area (Å²) < 4.78 is 16.3. The van der Waals surface area contributed by atoms with Crippen molar-refractivity contribution in [2.45, 2.75) is 24.4 Å². The van der Waals surface area contributed by atoms with Crippen molar-refractivity contribution in [3.8, 4) is 17.2 Å². The van der Waals surface area contributed by atoms with Crippen LogP contribution in [0.1, 0.15) is 50.4 Å². The Morgan fingerprint density at radius 3 is 2.28 bits per heavy atom. The fourth-order valence-electron chi connectivity index (χ4n) is 7.37. The molecule has 1 spiro atoms. The Balaban J connectivity index is 1.50. The molecule has 0 saturated carbocycles. The van der Waals surface area contributed by atoms with E-state index in [9.17, 15) is 14.4 Å². The minimum Gasteiger partial charge on any atom is -0.497 e. The second-order valence-electron chi connectivity index (χ2n) is 11.5. The molecule has 3 aliphatic rings. The lowest BCUT2D eigenvalue weighted by Crippen LogP contribution is -2.49. The monoisotopic (exact) mass is 614 g/mol. The third-order valence-electron chi connectivity index (χ3n) is 9.19. The van der Waals surface area contributed by atoms with E-state index in [0.717, 1.165) is 11.1 Å². The summed E-state index contributed by atoms with van der Waals surface area (Å²) in [6, 6.07) is 24.4. The number of methoxy groups -OCH3 is 2. The maximum atomic E-state index is 15.2. The molecule has 230 valence electrons. The number of ketones is 2. The van der Waals surface area contributed by atoms with Crippen LogP contribution < -0.4 is 19.5 Å². The van der Waals surface area contributed by atoms with Crippen LogP contribution in [0.4, 0.5) is 5.69 Å². The van der Waals surface area contributed by atoms with Crippen LogP contribution >= 0.6 is 0 Å². The van der Waals surface area contributed by atoms with E-state index in [1.54, 1.807) is 30.3 Å². The second kappa shape index (κ2) is 11.0. The summed E-state index contributed by atoms with van der Waals surface area (Å²) in [5, 5.41) is 3.05. The lowest BCUT2D eigenvalue weighted by Gasteiger charge is -2.38. The minimum atomic E-state index is -1.50. The van der Waals surface area contributed by atoms with Gasteiger partial charge < -0.3 is 24.4 Å². The number of anilines is 1. The Bertz CT molecular complexity index is 1950. The van der Waals surface area contributed by atoms with E-state index in [2.05, 4.69) is 5.32 Å². The predicted molar refractivity (Wildman–Crippen MR) is 170 cm³/mol. The molecular weight excluding hydrogens is 584 g/mol. The molecule has 9 heteroatoms. The number of carbonyl (C=O) groups is 4. The molecule has 0 aliphatic carbocycles. The van der Waals surface area contributed by atoms with Crippen LogP contribution in [-0.4, -0.2) is 48.6 Å².